The number of carbonyl (C=O) groups excluding carboxylic acids is 1. The number of nitro groups is 1. The first kappa shape index (κ1) is 22.3. The Hall–Kier alpha value is -4.87. The number of carbonyl (C=O) groups is 1. The Balaban J connectivity index is 1.51. The smallest absolute Gasteiger partial charge is 0.336 e. The maximum atomic E-state index is 12.6. The highest BCUT2D eigenvalue weighted by Gasteiger charge is 2.17. The molecular formula is C22H17N5O7. The normalized spacial score (nSPS) is 11.2. The number of azo groups is 1. The van der Waals surface area contributed by atoms with Crippen molar-refractivity contribution >= 4 is 33.9 Å². The molecule has 0 radical (unpaired) electrons. The number of non-ortho nitro benzene ring substituents is 1. The molecule has 0 aliphatic carbocycles. The summed E-state index contributed by atoms with van der Waals surface area (Å²) >= 11 is 0. The second-order valence-electron chi connectivity index (χ2n) is 7.29. The molecule has 0 saturated heterocycles. The maximum absolute atomic E-state index is 12.6. The second kappa shape index (κ2) is 8.94. The molecule has 172 valence electrons. The molecule has 0 bridgehead atoms. The van der Waals surface area contributed by atoms with Gasteiger partial charge in [0.2, 0.25) is 0 Å². The number of aromatic nitrogens is 2. The molecule has 12 heteroatoms. The van der Waals surface area contributed by atoms with E-state index in [2.05, 4.69) is 15.3 Å². The fourth-order valence-electron chi connectivity index (χ4n) is 3.21. The minimum Gasteiger partial charge on any atom is -0.484 e. The fourth-order valence-corrected chi connectivity index (χ4v) is 3.21. The van der Waals surface area contributed by atoms with E-state index in [-0.39, 0.29) is 28.5 Å². The second-order valence-corrected chi connectivity index (χ2v) is 7.29. The van der Waals surface area contributed by atoms with E-state index in [0.717, 1.165) is 15.6 Å². The molecule has 34 heavy (non-hydrogen) atoms. The van der Waals surface area contributed by atoms with Gasteiger partial charge in [-0.2, -0.15) is 9.80 Å². The van der Waals surface area contributed by atoms with Crippen molar-refractivity contribution in [3.8, 4) is 5.75 Å². The summed E-state index contributed by atoms with van der Waals surface area (Å²) in [6, 6.07) is 11.6. The molecule has 4 aromatic rings. The van der Waals surface area contributed by atoms with Crippen molar-refractivity contribution in [2.75, 3.05) is 6.61 Å². The van der Waals surface area contributed by atoms with Gasteiger partial charge in [0.15, 0.2) is 12.3 Å². The molecule has 0 atom stereocenters. The van der Waals surface area contributed by atoms with Gasteiger partial charge < -0.3 is 9.15 Å². The quantitative estimate of drug-likeness (QED) is 0.196. The number of hydrogen-bond donors (Lipinski definition) is 1. The van der Waals surface area contributed by atoms with Crippen LogP contribution < -0.4 is 15.9 Å². The van der Waals surface area contributed by atoms with Gasteiger partial charge >= 0.3 is 11.2 Å². The first-order valence-electron chi connectivity index (χ1n) is 9.91. The van der Waals surface area contributed by atoms with Crippen LogP contribution in [0.3, 0.4) is 0 Å². The van der Waals surface area contributed by atoms with Crippen molar-refractivity contribution < 1.29 is 18.9 Å². The third kappa shape index (κ3) is 4.50. The number of H-pyrrole nitrogens is 1. The number of fused-ring (bicyclic) bond motifs is 1. The van der Waals surface area contributed by atoms with E-state index in [1.165, 1.54) is 43.3 Å². The van der Waals surface area contributed by atoms with Crippen LogP contribution in [0.2, 0.25) is 0 Å². The van der Waals surface area contributed by atoms with Crippen LogP contribution in [0.1, 0.15) is 16.1 Å². The standard InChI is InChI=1S/C22H17N5O7/c1-12-8-20(29)34-18-10-16(6-7-17(12)18)33-11-19(28)26-22(30)21(13(2)25-26)24-23-14-4-3-5-15(9-14)27(31)32/h3-10,25H,11H2,1-2H3. The Bertz CT molecular complexity index is 1580. The highest BCUT2D eigenvalue weighted by molar-refractivity contribution is 5.82. The number of nitro benzene ring substituents is 1. The van der Waals surface area contributed by atoms with Crippen LogP contribution in [-0.4, -0.2) is 27.2 Å². The van der Waals surface area contributed by atoms with Crippen molar-refractivity contribution in [3.05, 3.63) is 90.7 Å². The zero-order valence-corrected chi connectivity index (χ0v) is 18.0. The van der Waals surface area contributed by atoms with E-state index >= 15 is 0 Å². The van der Waals surface area contributed by atoms with Crippen LogP contribution in [0, 0.1) is 24.0 Å². The number of aryl methyl sites for hydroxylation is 2. The number of rotatable bonds is 6. The number of aromatic amines is 1. The third-order valence-corrected chi connectivity index (χ3v) is 4.88. The van der Waals surface area contributed by atoms with Crippen LogP contribution in [0.25, 0.3) is 11.0 Å². The predicted molar refractivity (Wildman–Crippen MR) is 120 cm³/mol. The minimum atomic E-state index is -0.750. The Morgan fingerprint density at radius 2 is 1.94 bits per heavy atom. The molecule has 0 amide bonds. The van der Waals surface area contributed by atoms with Crippen molar-refractivity contribution in [2.45, 2.75) is 13.8 Å². The number of nitrogens with zero attached hydrogens (tertiary/aromatic N) is 4. The first-order valence-corrected chi connectivity index (χ1v) is 9.91. The number of ether oxygens (including phenoxy) is 1. The number of hydrogen-bond acceptors (Lipinski definition) is 9. The molecule has 2 heterocycles. The van der Waals surface area contributed by atoms with Gasteiger partial charge in [0.25, 0.3) is 11.6 Å². The van der Waals surface area contributed by atoms with Gasteiger partial charge in [-0.3, -0.25) is 24.8 Å². The van der Waals surface area contributed by atoms with E-state index in [4.69, 9.17) is 9.15 Å². The van der Waals surface area contributed by atoms with Gasteiger partial charge in [-0.1, -0.05) is 6.07 Å². The Labute approximate surface area is 190 Å². The lowest BCUT2D eigenvalue weighted by Crippen LogP contribution is -2.29. The summed E-state index contributed by atoms with van der Waals surface area (Å²) in [4.78, 5) is 47.1. The molecule has 2 aromatic carbocycles. The van der Waals surface area contributed by atoms with E-state index in [0.29, 0.717) is 5.58 Å². The van der Waals surface area contributed by atoms with Crippen molar-refractivity contribution in [2.24, 2.45) is 10.2 Å². The largest absolute Gasteiger partial charge is 0.484 e. The molecule has 0 aliphatic heterocycles. The van der Waals surface area contributed by atoms with Crippen molar-refractivity contribution in [1.29, 1.82) is 0 Å². The average Bonchev–Trinajstić information content (AvgIpc) is 3.09. The van der Waals surface area contributed by atoms with Crippen molar-refractivity contribution in [1.82, 2.24) is 9.78 Å². The Morgan fingerprint density at radius 1 is 1.15 bits per heavy atom. The summed E-state index contributed by atoms with van der Waals surface area (Å²) in [6.07, 6.45) is 0. The number of benzene rings is 2. The van der Waals surface area contributed by atoms with Crippen molar-refractivity contribution in [3.63, 3.8) is 0 Å². The first-order chi connectivity index (χ1) is 16.2. The summed E-state index contributed by atoms with van der Waals surface area (Å²) in [5.74, 6) is -0.424. The summed E-state index contributed by atoms with van der Waals surface area (Å²) in [7, 11) is 0. The monoisotopic (exact) mass is 463 g/mol. The van der Waals surface area contributed by atoms with Gasteiger partial charge in [-0.25, -0.2) is 4.79 Å². The van der Waals surface area contributed by atoms with E-state index in [1.807, 2.05) is 0 Å². The molecule has 4 rings (SSSR count). The summed E-state index contributed by atoms with van der Waals surface area (Å²) in [5.41, 5.74) is -0.0402. The van der Waals surface area contributed by atoms with Gasteiger partial charge in [0.1, 0.15) is 11.3 Å². The predicted octanol–water partition coefficient (Wildman–Crippen LogP) is 3.94. The lowest BCUT2D eigenvalue weighted by Gasteiger charge is -2.07. The highest BCUT2D eigenvalue weighted by Crippen LogP contribution is 2.23. The topological polar surface area (TPSA) is 162 Å². The van der Waals surface area contributed by atoms with Gasteiger partial charge in [0.05, 0.1) is 16.3 Å². The Kier molecular flexibility index (Phi) is 5.87. The summed E-state index contributed by atoms with van der Waals surface area (Å²) in [5, 5.41) is 21.9. The lowest BCUT2D eigenvalue weighted by molar-refractivity contribution is -0.384. The Morgan fingerprint density at radius 3 is 2.71 bits per heavy atom. The maximum Gasteiger partial charge on any atom is 0.336 e. The van der Waals surface area contributed by atoms with E-state index in [1.54, 1.807) is 19.1 Å². The van der Waals surface area contributed by atoms with Crippen LogP contribution >= 0.6 is 0 Å². The highest BCUT2D eigenvalue weighted by atomic mass is 16.6. The van der Waals surface area contributed by atoms with Crippen LogP contribution in [0.4, 0.5) is 17.1 Å². The molecule has 1 N–H and O–H groups in total. The molecular weight excluding hydrogens is 446 g/mol. The molecule has 2 aromatic heterocycles. The van der Waals surface area contributed by atoms with E-state index in [9.17, 15) is 24.5 Å². The van der Waals surface area contributed by atoms with Gasteiger partial charge in [-0.05, 0) is 37.6 Å². The van der Waals surface area contributed by atoms with Crippen LogP contribution in [0.5, 0.6) is 5.75 Å². The summed E-state index contributed by atoms with van der Waals surface area (Å²) in [6.45, 7) is 2.82. The molecule has 0 spiro atoms. The molecule has 0 fully saturated rings. The molecule has 0 aliphatic rings. The van der Waals surface area contributed by atoms with Crippen LogP contribution in [-0.2, 0) is 0 Å². The third-order valence-electron chi connectivity index (χ3n) is 4.88. The minimum absolute atomic E-state index is 0.122. The SMILES string of the molecule is Cc1[nH]n(C(=O)COc2ccc3c(C)cc(=O)oc3c2)c(=O)c1N=Nc1cccc([N+](=O)[O-])c1. The zero-order chi connectivity index (χ0) is 24.4. The molecule has 0 unspecified atom stereocenters. The zero-order valence-electron chi connectivity index (χ0n) is 18.0. The number of nitrogens with one attached hydrogen (secondary N) is 1. The lowest BCUT2D eigenvalue weighted by atomic mass is 10.1. The molecule has 0 saturated carbocycles. The average molecular weight is 463 g/mol. The fraction of sp³-hybridized carbons (Fsp3) is 0.136. The van der Waals surface area contributed by atoms with E-state index < -0.39 is 28.6 Å². The molecule has 12 nitrogen and oxygen atoms in total. The van der Waals surface area contributed by atoms with Crippen LogP contribution in [0.15, 0.2) is 72.8 Å². The van der Waals surface area contributed by atoms with Gasteiger partial charge in [-0.15, -0.1) is 5.11 Å². The summed E-state index contributed by atoms with van der Waals surface area (Å²) < 4.78 is 11.4. The van der Waals surface area contributed by atoms with Gasteiger partial charge in [0, 0.05) is 29.7 Å².